The van der Waals surface area contributed by atoms with Crippen molar-refractivity contribution in [3.8, 4) is 0 Å². The maximum absolute atomic E-state index is 6.38. The molecule has 0 saturated heterocycles. The van der Waals surface area contributed by atoms with Gasteiger partial charge in [0.05, 0.1) is 0 Å². The van der Waals surface area contributed by atoms with Crippen LogP contribution in [0.4, 0.5) is 0 Å². The summed E-state index contributed by atoms with van der Waals surface area (Å²) in [4.78, 5) is 0. The fourth-order valence-electron chi connectivity index (χ4n) is 2.61. The number of ether oxygens (including phenoxy) is 1. The Morgan fingerprint density at radius 3 is 2.56 bits per heavy atom. The quantitative estimate of drug-likeness (QED) is 0.716. The van der Waals surface area contributed by atoms with Gasteiger partial charge in [0, 0.05) is 24.7 Å². The Morgan fingerprint density at radius 2 is 1.94 bits per heavy atom. The zero-order valence-corrected chi connectivity index (χ0v) is 11.4. The Balaban J connectivity index is 1.80. The molecule has 0 radical (unpaired) electrons. The summed E-state index contributed by atoms with van der Waals surface area (Å²) < 4.78 is 5.62. The monoisotopic (exact) mass is 247 g/mol. The van der Waals surface area contributed by atoms with Gasteiger partial charge in [0.1, 0.15) is 0 Å². The van der Waals surface area contributed by atoms with E-state index in [9.17, 15) is 0 Å². The van der Waals surface area contributed by atoms with E-state index in [1.54, 1.807) is 0 Å². The molecule has 2 nitrogen and oxygen atoms in total. The predicted octanol–water partition coefficient (Wildman–Crippen LogP) is 3.25. The van der Waals surface area contributed by atoms with Crippen molar-refractivity contribution >= 4 is 0 Å². The third-order valence-corrected chi connectivity index (χ3v) is 4.06. The van der Waals surface area contributed by atoms with Gasteiger partial charge < -0.3 is 10.5 Å². The molecule has 18 heavy (non-hydrogen) atoms. The summed E-state index contributed by atoms with van der Waals surface area (Å²) in [6.07, 6.45) is 5.78. The normalized spacial score (nSPS) is 18.6. The number of hydrogen-bond acceptors (Lipinski definition) is 2. The third-order valence-electron chi connectivity index (χ3n) is 4.06. The van der Waals surface area contributed by atoms with Gasteiger partial charge in [-0.3, -0.25) is 0 Å². The van der Waals surface area contributed by atoms with Crippen molar-refractivity contribution in [2.75, 3.05) is 13.2 Å². The van der Waals surface area contributed by atoms with Crippen molar-refractivity contribution < 1.29 is 4.74 Å². The second-order valence-corrected chi connectivity index (χ2v) is 5.38. The lowest BCUT2D eigenvalue weighted by Crippen LogP contribution is -2.35. The molecule has 1 unspecified atom stereocenters. The summed E-state index contributed by atoms with van der Waals surface area (Å²) in [6, 6.07) is 11.0. The molecule has 0 aliphatic heterocycles. The van der Waals surface area contributed by atoms with E-state index in [-0.39, 0.29) is 11.5 Å². The molecule has 0 spiro atoms. The van der Waals surface area contributed by atoms with Crippen molar-refractivity contribution in [2.45, 2.75) is 50.5 Å². The minimum absolute atomic E-state index is 0.238. The van der Waals surface area contributed by atoms with E-state index in [1.807, 2.05) is 0 Å². The number of unbranched alkanes of at least 4 members (excludes halogenated alkanes) is 1. The van der Waals surface area contributed by atoms with Gasteiger partial charge in [0.2, 0.25) is 0 Å². The van der Waals surface area contributed by atoms with Gasteiger partial charge in [-0.25, -0.2) is 0 Å². The molecule has 0 heterocycles. The molecule has 0 aromatic heterocycles. The first kappa shape index (κ1) is 13.6. The molecule has 1 aliphatic carbocycles. The number of hydrogen-bond donors (Lipinski definition) is 1. The van der Waals surface area contributed by atoms with E-state index in [4.69, 9.17) is 10.5 Å². The van der Waals surface area contributed by atoms with Crippen molar-refractivity contribution in [2.24, 2.45) is 5.73 Å². The van der Waals surface area contributed by atoms with Crippen LogP contribution in [0.1, 0.15) is 44.6 Å². The molecule has 0 bridgehead atoms. The molecule has 2 heteroatoms. The standard InChI is InChI=1S/C16H25NO/c1-2-3-12-18-13-9-15(17)16(10-11-16)14-7-5-4-6-8-14/h4-8,15H,2-3,9-13,17H2,1H3. The Kier molecular flexibility index (Phi) is 4.79. The van der Waals surface area contributed by atoms with Crippen LogP contribution in [0, 0.1) is 0 Å². The van der Waals surface area contributed by atoms with Gasteiger partial charge in [0.25, 0.3) is 0 Å². The molecule has 1 atom stereocenters. The zero-order chi connectivity index (χ0) is 12.8. The Morgan fingerprint density at radius 1 is 1.22 bits per heavy atom. The maximum Gasteiger partial charge on any atom is 0.0481 e. The SMILES string of the molecule is CCCCOCCC(N)C1(c2ccccc2)CC1. The number of nitrogens with two attached hydrogens (primary N) is 1. The van der Waals surface area contributed by atoms with Gasteiger partial charge in [-0.2, -0.15) is 0 Å². The lowest BCUT2D eigenvalue weighted by atomic mass is 9.87. The average molecular weight is 247 g/mol. The Bertz CT molecular complexity index is 345. The third kappa shape index (κ3) is 3.12. The van der Waals surface area contributed by atoms with Gasteiger partial charge in [0.15, 0.2) is 0 Å². The summed E-state index contributed by atoms with van der Waals surface area (Å²) in [5.74, 6) is 0. The first-order chi connectivity index (χ1) is 8.79. The highest BCUT2D eigenvalue weighted by Crippen LogP contribution is 2.50. The highest BCUT2D eigenvalue weighted by Gasteiger charge is 2.48. The zero-order valence-electron chi connectivity index (χ0n) is 11.4. The summed E-state index contributed by atoms with van der Waals surface area (Å²) in [7, 11) is 0. The van der Waals surface area contributed by atoms with Crippen LogP contribution in [-0.4, -0.2) is 19.3 Å². The molecule has 2 rings (SSSR count). The van der Waals surface area contributed by atoms with Crippen LogP contribution in [0.5, 0.6) is 0 Å². The summed E-state index contributed by atoms with van der Waals surface area (Å²) >= 11 is 0. The van der Waals surface area contributed by atoms with E-state index < -0.39 is 0 Å². The van der Waals surface area contributed by atoms with Crippen LogP contribution >= 0.6 is 0 Å². The molecule has 2 N–H and O–H groups in total. The van der Waals surface area contributed by atoms with E-state index in [0.717, 1.165) is 26.1 Å². The molecular weight excluding hydrogens is 222 g/mol. The highest BCUT2D eigenvalue weighted by molar-refractivity contribution is 5.33. The van der Waals surface area contributed by atoms with Crippen molar-refractivity contribution in [1.82, 2.24) is 0 Å². The average Bonchev–Trinajstić information content (AvgIpc) is 3.21. The Labute approximate surface area is 111 Å². The maximum atomic E-state index is 6.38. The molecule has 1 aromatic rings. The van der Waals surface area contributed by atoms with Crippen LogP contribution in [0.25, 0.3) is 0 Å². The van der Waals surface area contributed by atoms with Crippen LogP contribution in [0.15, 0.2) is 30.3 Å². The summed E-state index contributed by atoms with van der Waals surface area (Å²) in [5.41, 5.74) is 8.03. The topological polar surface area (TPSA) is 35.2 Å². The lowest BCUT2D eigenvalue weighted by Gasteiger charge is -2.23. The highest BCUT2D eigenvalue weighted by atomic mass is 16.5. The number of rotatable bonds is 8. The molecule has 1 aromatic carbocycles. The smallest absolute Gasteiger partial charge is 0.0481 e. The number of benzene rings is 1. The predicted molar refractivity (Wildman–Crippen MR) is 75.7 cm³/mol. The van der Waals surface area contributed by atoms with Crippen LogP contribution in [0.2, 0.25) is 0 Å². The molecule has 1 fully saturated rings. The fraction of sp³-hybridized carbons (Fsp3) is 0.625. The second kappa shape index (κ2) is 6.35. The van der Waals surface area contributed by atoms with E-state index in [1.165, 1.54) is 24.8 Å². The summed E-state index contributed by atoms with van der Waals surface area (Å²) in [5, 5.41) is 0. The molecule has 100 valence electrons. The Hall–Kier alpha value is -0.860. The summed E-state index contributed by atoms with van der Waals surface area (Å²) in [6.45, 7) is 3.86. The van der Waals surface area contributed by atoms with E-state index in [2.05, 4.69) is 37.3 Å². The van der Waals surface area contributed by atoms with Crippen molar-refractivity contribution in [3.63, 3.8) is 0 Å². The van der Waals surface area contributed by atoms with E-state index in [0.29, 0.717) is 0 Å². The first-order valence-corrected chi connectivity index (χ1v) is 7.18. The molecular formula is C16H25NO. The van der Waals surface area contributed by atoms with Gasteiger partial charge in [-0.1, -0.05) is 43.7 Å². The first-order valence-electron chi connectivity index (χ1n) is 7.18. The van der Waals surface area contributed by atoms with Crippen LogP contribution in [0.3, 0.4) is 0 Å². The van der Waals surface area contributed by atoms with Crippen molar-refractivity contribution in [1.29, 1.82) is 0 Å². The minimum atomic E-state index is 0.238. The minimum Gasteiger partial charge on any atom is -0.381 e. The fourth-order valence-corrected chi connectivity index (χ4v) is 2.61. The van der Waals surface area contributed by atoms with Crippen molar-refractivity contribution in [3.05, 3.63) is 35.9 Å². The molecule has 1 aliphatic rings. The van der Waals surface area contributed by atoms with Gasteiger partial charge >= 0.3 is 0 Å². The molecule has 1 saturated carbocycles. The van der Waals surface area contributed by atoms with Gasteiger partial charge in [-0.15, -0.1) is 0 Å². The van der Waals surface area contributed by atoms with E-state index >= 15 is 0 Å². The second-order valence-electron chi connectivity index (χ2n) is 5.38. The largest absolute Gasteiger partial charge is 0.381 e. The molecule has 0 amide bonds. The van der Waals surface area contributed by atoms with Gasteiger partial charge in [-0.05, 0) is 31.2 Å². The van der Waals surface area contributed by atoms with Crippen LogP contribution in [-0.2, 0) is 10.2 Å². The van der Waals surface area contributed by atoms with Crippen LogP contribution < -0.4 is 5.73 Å². The lowest BCUT2D eigenvalue weighted by molar-refractivity contribution is 0.121.